The Balaban J connectivity index is 1.57. The number of rotatable bonds is 7. The molecule has 0 aliphatic heterocycles. The fourth-order valence-electron chi connectivity index (χ4n) is 2.96. The number of ether oxygens (including phenoxy) is 1. The Kier molecular flexibility index (Phi) is 5.81. The van der Waals surface area contributed by atoms with Crippen molar-refractivity contribution in [2.75, 3.05) is 13.7 Å². The molecule has 3 heteroatoms. The largest absolute Gasteiger partial charge is 0.496 e. The molecular weight excluding hydrogens is 308 g/mol. The van der Waals surface area contributed by atoms with Crippen molar-refractivity contribution in [3.05, 3.63) is 84.2 Å². The average molecular weight is 332 g/mol. The Labute approximate surface area is 149 Å². The lowest BCUT2D eigenvalue weighted by molar-refractivity contribution is 0.408. The van der Waals surface area contributed by atoms with Crippen LogP contribution in [0.4, 0.5) is 0 Å². The van der Waals surface area contributed by atoms with Gasteiger partial charge in [0.15, 0.2) is 0 Å². The van der Waals surface area contributed by atoms with Gasteiger partial charge in [0.25, 0.3) is 0 Å². The van der Waals surface area contributed by atoms with Crippen LogP contribution < -0.4 is 10.1 Å². The van der Waals surface area contributed by atoms with Gasteiger partial charge in [-0.2, -0.15) is 0 Å². The highest BCUT2D eigenvalue weighted by Gasteiger charge is 2.07. The first-order chi connectivity index (χ1) is 12.3. The van der Waals surface area contributed by atoms with E-state index in [4.69, 9.17) is 4.74 Å². The lowest BCUT2D eigenvalue weighted by Crippen LogP contribution is -2.21. The summed E-state index contributed by atoms with van der Waals surface area (Å²) in [5, 5.41) is 3.59. The molecule has 3 rings (SSSR count). The molecule has 1 aromatic heterocycles. The van der Waals surface area contributed by atoms with E-state index >= 15 is 0 Å². The van der Waals surface area contributed by atoms with Gasteiger partial charge in [0.1, 0.15) is 5.75 Å². The monoisotopic (exact) mass is 332 g/mol. The molecule has 25 heavy (non-hydrogen) atoms. The van der Waals surface area contributed by atoms with Crippen molar-refractivity contribution in [1.82, 2.24) is 10.3 Å². The summed E-state index contributed by atoms with van der Waals surface area (Å²) in [5.74, 6) is 0.957. The highest BCUT2D eigenvalue weighted by Crippen LogP contribution is 2.22. The molecule has 0 amide bonds. The minimum atomic E-state index is 0.307. The van der Waals surface area contributed by atoms with Crippen LogP contribution in [0.15, 0.2) is 73.1 Å². The molecule has 0 aliphatic carbocycles. The first kappa shape index (κ1) is 17.2. The molecule has 0 radical (unpaired) electrons. The molecule has 128 valence electrons. The van der Waals surface area contributed by atoms with Crippen molar-refractivity contribution >= 4 is 0 Å². The van der Waals surface area contributed by atoms with E-state index in [-0.39, 0.29) is 0 Å². The second-order valence-electron chi connectivity index (χ2n) is 6.10. The number of nitrogens with one attached hydrogen (secondary N) is 1. The Morgan fingerprint density at radius 2 is 1.60 bits per heavy atom. The standard InChI is InChI=1S/C22H24N2O/c1-17(24-16-13-21-5-3-4-6-22(21)25-2)18-7-9-19(10-8-18)20-11-14-23-15-12-20/h3-12,14-15,17,24H,13,16H2,1-2H3. The van der Waals surface area contributed by atoms with Crippen LogP contribution in [-0.2, 0) is 6.42 Å². The normalized spacial score (nSPS) is 11.9. The second kappa shape index (κ2) is 8.45. The van der Waals surface area contributed by atoms with Gasteiger partial charge in [-0.05, 0) is 60.3 Å². The number of hydrogen-bond donors (Lipinski definition) is 1. The van der Waals surface area contributed by atoms with E-state index in [0.29, 0.717) is 6.04 Å². The molecule has 0 saturated carbocycles. The predicted molar refractivity (Wildman–Crippen MR) is 103 cm³/mol. The molecule has 0 fully saturated rings. The molecular formula is C22H24N2O. The van der Waals surface area contributed by atoms with Gasteiger partial charge < -0.3 is 10.1 Å². The van der Waals surface area contributed by atoms with Crippen LogP contribution in [0.25, 0.3) is 11.1 Å². The van der Waals surface area contributed by atoms with E-state index in [1.165, 1.54) is 22.3 Å². The van der Waals surface area contributed by atoms with Crippen molar-refractivity contribution < 1.29 is 4.74 Å². The van der Waals surface area contributed by atoms with Gasteiger partial charge in [-0.1, -0.05) is 42.5 Å². The predicted octanol–water partition coefficient (Wildman–Crippen LogP) is 4.65. The lowest BCUT2D eigenvalue weighted by Gasteiger charge is -2.15. The summed E-state index contributed by atoms with van der Waals surface area (Å²) in [6.07, 6.45) is 4.60. The quantitative estimate of drug-likeness (QED) is 0.684. The van der Waals surface area contributed by atoms with Crippen molar-refractivity contribution in [3.63, 3.8) is 0 Å². The third kappa shape index (κ3) is 4.46. The van der Waals surface area contributed by atoms with Gasteiger partial charge in [-0.15, -0.1) is 0 Å². The summed E-state index contributed by atoms with van der Waals surface area (Å²) in [6.45, 7) is 3.11. The SMILES string of the molecule is COc1ccccc1CCNC(C)c1ccc(-c2ccncc2)cc1. The maximum absolute atomic E-state index is 5.41. The van der Waals surface area contributed by atoms with Gasteiger partial charge >= 0.3 is 0 Å². The fraction of sp³-hybridized carbons (Fsp3) is 0.227. The van der Waals surface area contributed by atoms with Crippen molar-refractivity contribution in [2.45, 2.75) is 19.4 Å². The molecule has 2 aromatic carbocycles. The van der Waals surface area contributed by atoms with Gasteiger partial charge in [0, 0.05) is 18.4 Å². The first-order valence-electron chi connectivity index (χ1n) is 8.63. The van der Waals surface area contributed by atoms with Gasteiger partial charge in [0.05, 0.1) is 7.11 Å². The number of nitrogens with zero attached hydrogens (tertiary/aromatic N) is 1. The zero-order valence-electron chi connectivity index (χ0n) is 14.8. The Hall–Kier alpha value is -2.65. The number of pyridine rings is 1. The van der Waals surface area contributed by atoms with Crippen LogP contribution in [0.2, 0.25) is 0 Å². The van der Waals surface area contributed by atoms with E-state index in [9.17, 15) is 0 Å². The minimum absolute atomic E-state index is 0.307. The van der Waals surface area contributed by atoms with Gasteiger partial charge in [-0.25, -0.2) is 0 Å². The summed E-state index contributed by atoms with van der Waals surface area (Å²) in [5.41, 5.74) is 4.93. The molecule has 1 atom stereocenters. The highest BCUT2D eigenvalue weighted by atomic mass is 16.5. The maximum atomic E-state index is 5.41. The maximum Gasteiger partial charge on any atom is 0.122 e. The number of para-hydroxylation sites is 1. The van der Waals surface area contributed by atoms with Crippen molar-refractivity contribution in [3.8, 4) is 16.9 Å². The zero-order valence-corrected chi connectivity index (χ0v) is 14.8. The average Bonchev–Trinajstić information content (AvgIpc) is 2.69. The van der Waals surface area contributed by atoms with Crippen molar-refractivity contribution in [1.29, 1.82) is 0 Å². The molecule has 1 heterocycles. The number of methoxy groups -OCH3 is 1. The van der Waals surface area contributed by atoms with Gasteiger partial charge in [-0.3, -0.25) is 4.98 Å². The molecule has 0 spiro atoms. The first-order valence-corrected chi connectivity index (χ1v) is 8.63. The molecule has 3 nitrogen and oxygen atoms in total. The molecule has 0 aliphatic rings. The smallest absolute Gasteiger partial charge is 0.122 e. The lowest BCUT2D eigenvalue weighted by atomic mass is 10.0. The van der Waals surface area contributed by atoms with E-state index < -0.39 is 0 Å². The Morgan fingerprint density at radius 1 is 0.920 bits per heavy atom. The Morgan fingerprint density at radius 3 is 2.32 bits per heavy atom. The molecule has 0 bridgehead atoms. The molecule has 0 saturated heterocycles. The number of aromatic nitrogens is 1. The summed E-state index contributed by atoms with van der Waals surface area (Å²) in [6, 6.07) is 21.3. The Bertz CT molecular complexity index is 785. The van der Waals surface area contributed by atoms with E-state index in [1.54, 1.807) is 7.11 Å². The van der Waals surface area contributed by atoms with Crippen LogP contribution in [0.3, 0.4) is 0 Å². The van der Waals surface area contributed by atoms with Crippen LogP contribution in [-0.4, -0.2) is 18.6 Å². The number of benzene rings is 2. The highest BCUT2D eigenvalue weighted by molar-refractivity contribution is 5.62. The third-order valence-electron chi connectivity index (χ3n) is 4.46. The second-order valence-corrected chi connectivity index (χ2v) is 6.10. The van der Waals surface area contributed by atoms with Crippen molar-refractivity contribution in [2.24, 2.45) is 0 Å². The molecule has 1 N–H and O–H groups in total. The van der Waals surface area contributed by atoms with Crippen LogP contribution in [0.1, 0.15) is 24.1 Å². The van der Waals surface area contributed by atoms with E-state index in [0.717, 1.165) is 18.7 Å². The summed E-state index contributed by atoms with van der Waals surface area (Å²) >= 11 is 0. The van der Waals surface area contributed by atoms with Crippen LogP contribution in [0.5, 0.6) is 5.75 Å². The topological polar surface area (TPSA) is 34.1 Å². The zero-order chi connectivity index (χ0) is 17.5. The van der Waals surface area contributed by atoms with E-state index in [2.05, 4.69) is 53.6 Å². The summed E-state index contributed by atoms with van der Waals surface area (Å²) < 4.78 is 5.41. The minimum Gasteiger partial charge on any atom is -0.496 e. The number of hydrogen-bond acceptors (Lipinski definition) is 3. The summed E-state index contributed by atoms with van der Waals surface area (Å²) in [7, 11) is 1.72. The third-order valence-corrected chi connectivity index (χ3v) is 4.46. The molecule has 1 unspecified atom stereocenters. The molecule has 3 aromatic rings. The van der Waals surface area contributed by atoms with Gasteiger partial charge in [0.2, 0.25) is 0 Å². The van der Waals surface area contributed by atoms with Crippen LogP contribution >= 0.6 is 0 Å². The van der Waals surface area contributed by atoms with Crippen LogP contribution in [0, 0.1) is 0 Å². The van der Waals surface area contributed by atoms with E-state index in [1.807, 2.05) is 36.7 Å². The fourth-order valence-corrected chi connectivity index (χ4v) is 2.96. The summed E-state index contributed by atoms with van der Waals surface area (Å²) in [4.78, 5) is 4.07.